The van der Waals surface area contributed by atoms with Gasteiger partial charge >= 0.3 is 0 Å². The topological polar surface area (TPSA) is 21.3 Å². The molecule has 0 amide bonds. The minimum Gasteiger partial charge on any atom is -0.375 e. The van der Waals surface area contributed by atoms with Gasteiger partial charge in [0.15, 0.2) is 0 Å². The molecule has 0 saturated heterocycles. The third kappa shape index (κ3) is 2.58. The molecule has 2 nitrogen and oxygen atoms in total. The van der Waals surface area contributed by atoms with Crippen molar-refractivity contribution in [3.05, 3.63) is 0 Å². The second-order valence-corrected chi connectivity index (χ2v) is 7.74. The molecule has 0 aliphatic heterocycles. The van der Waals surface area contributed by atoms with Gasteiger partial charge in [-0.05, 0) is 62.8 Å². The van der Waals surface area contributed by atoms with Crippen LogP contribution >= 0.6 is 0 Å². The summed E-state index contributed by atoms with van der Waals surface area (Å²) in [5.74, 6) is 0.876. The van der Waals surface area contributed by atoms with Crippen molar-refractivity contribution in [1.29, 1.82) is 0 Å². The van der Waals surface area contributed by atoms with Crippen LogP contribution in [0, 0.1) is 16.7 Å². The van der Waals surface area contributed by atoms with E-state index < -0.39 is 0 Å². The van der Waals surface area contributed by atoms with Gasteiger partial charge in [0.25, 0.3) is 0 Å². The minimum atomic E-state index is 0.367. The monoisotopic (exact) mass is 267 g/mol. The molecular weight excluding hydrogens is 234 g/mol. The number of hydrogen-bond donors (Lipinski definition) is 1. The molecule has 0 spiro atoms. The fourth-order valence-corrected chi connectivity index (χ4v) is 4.60. The molecule has 0 aromatic carbocycles. The first kappa shape index (κ1) is 15.3. The Balaban J connectivity index is 1.91. The van der Waals surface area contributed by atoms with E-state index in [0.717, 1.165) is 18.9 Å². The van der Waals surface area contributed by atoms with Crippen molar-refractivity contribution in [2.24, 2.45) is 16.7 Å². The minimum absolute atomic E-state index is 0.367. The summed E-state index contributed by atoms with van der Waals surface area (Å²) >= 11 is 0. The van der Waals surface area contributed by atoms with Crippen molar-refractivity contribution in [2.45, 2.75) is 85.5 Å². The van der Waals surface area contributed by atoms with Crippen LogP contribution in [-0.4, -0.2) is 24.8 Å². The molecule has 2 rings (SSSR count). The lowest BCUT2D eigenvalue weighted by Gasteiger charge is -2.40. The van der Waals surface area contributed by atoms with Crippen LogP contribution in [-0.2, 0) is 4.74 Å². The van der Waals surface area contributed by atoms with Crippen molar-refractivity contribution in [2.75, 3.05) is 6.54 Å². The van der Waals surface area contributed by atoms with Crippen LogP contribution in [0.2, 0.25) is 0 Å². The normalized spacial score (nSPS) is 39.5. The van der Waals surface area contributed by atoms with Gasteiger partial charge in [-0.15, -0.1) is 0 Å². The average Bonchev–Trinajstić information content (AvgIpc) is 2.62. The van der Waals surface area contributed by atoms with Gasteiger partial charge in [-0.25, -0.2) is 0 Å². The van der Waals surface area contributed by atoms with E-state index in [0.29, 0.717) is 29.1 Å². The highest BCUT2D eigenvalue weighted by Gasteiger charge is 2.62. The van der Waals surface area contributed by atoms with E-state index in [1.165, 1.54) is 19.3 Å². The van der Waals surface area contributed by atoms with Crippen LogP contribution in [0.3, 0.4) is 0 Å². The average molecular weight is 267 g/mol. The highest BCUT2D eigenvalue weighted by molar-refractivity contribution is 5.11. The first-order valence-corrected chi connectivity index (χ1v) is 8.20. The SMILES string of the molecule is CCNC(C)CC(C)OC1CC2CCC1(C)C2(C)C. The highest BCUT2D eigenvalue weighted by atomic mass is 16.5. The van der Waals surface area contributed by atoms with Gasteiger partial charge in [0.1, 0.15) is 0 Å². The van der Waals surface area contributed by atoms with Gasteiger partial charge < -0.3 is 10.1 Å². The van der Waals surface area contributed by atoms with Crippen molar-refractivity contribution in [1.82, 2.24) is 5.32 Å². The summed E-state index contributed by atoms with van der Waals surface area (Å²) in [6.45, 7) is 15.1. The summed E-state index contributed by atoms with van der Waals surface area (Å²) in [7, 11) is 0. The number of rotatable bonds is 6. The Labute approximate surface area is 119 Å². The van der Waals surface area contributed by atoms with E-state index in [4.69, 9.17) is 4.74 Å². The van der Waals surface area contributed by atoms with Gasteiger partial charge in [0.05, 0.1) is 12.2 Å². The molecule has 2 fully saturated rings. The molecule has 2 saturated carbocycles. The van der Waals surface area contributed by atoms with Crippen molar-refractivity contribution in [3.8, 4) is 0 Å². The molecule has 0 aromatic heterocycles. The lowest BCUT2D eigenvalue weighted by atomic mass is 9.70. The van der Waals surface area contributed by atoms with Crippen LogP contribution in [0.4, 0.5) is 0 Å². The predicted molar refractivity (Wildman–Crippen MR) is 81.3 cm³/mol. The summed E-state index contributed by atoms with van der Waals surface area (Å²) in [6, 6.07) is 0.555. The molecule has 2 bridgehead atoms. The maximum atomic E-state index is 6.46. The zero-order chi connectivity index (χ0) is 14.3. The van der Waals surface area contributed by atoms with Gasteiger partial charge in [-0.3, -0.25) is 0 Å². The molecule has 2 heteroatoms. The standard InChI is InChI=1S/C17H33NO/c1-7-18-12(2)10-13(3)19-15-11-14-8-9-17(15,6)16(14,4)5/h12-15,18H,7-11H2,1-6H3. The fraction of sp³-hybridized carbons (Fsp3) is 1.00. The second kappa shape index (κ2) is 5.37. The summed E-state index contributed by atoms with van der Waals surface area (Å²) in [5, 5.41) is 3.48. The first-order chi connectivity index (χ1) is 8.81. The van der Waals surface area contributed by atoms with Gasteiger partial charge in [-0.1, -0.05) is 27.7 Å². The van der Waals surface area contributed by atoms with Gasteiger partial charge in [-0.2, -0.15) is 0 Å². The molecule has 1 N–H and O–H groups in total. The van der Waals surface area contributed by atoms with Crippen LogP contribution in [0.25, 0.3) is 0 Å². The Hall–Kier alpha value is -0.0800. The zero-order valence-electron chi connectivity index (χ0n) is 13.8. The molecule has 5 unspecified atom stereocenters. The third-order valence-electron chi connectivity index (χ3n) is 6.35. The quantitative estimate of drug-likeness (QED) is 0.785. The third-order valence-corrected chi connectivity index (χ3v) is 6.35. The molecule has 0 heterocycles. The predicted octanol–water partition coefficient (Wildman–Crippen LogP) is 3.99. The Morgan fingerprint density at radius 2 is 1.95 bits per heavy atom. The van der Waals surface area contributed by atoms with E-state index in [-0.39, 0.29) is 0 Å². The Morgan fingerprint density at radius 1 is 1.26 bits per heavy atom. The summed E-state index contributed by atoms with van der Waals surface area (Å²) in [6.07, 6.45) is 6.00. The second-order valence-electron chi connectivity index (χ2n) is 7.74. The Bertz CT molecular complexity index is 314. The molecule has 2 aliphatic carbocycles. The summed E-state index contributed by atoms with van der Waals surface area (Å²) < 4.78 is 6.46. The van der Waals surface area contributed by atoms with E-state index in [1.54, 1.807) is 0 Å². The Morgan fingerprint density at radius 3 is 2.42 bits per heavy atom. The Kier molecular flexibility index (Phi) is 4.32. The molecule has 0 radical (unpaired) electrons. The van der Waals surface area contributed by atoms with Crippen molar-refractivity contribution in [3.63, 3.8) is 0 Å². The maximum absolute atomic E-state index is 6.46. The van der Waals surface area contributed by atoms with E-state index in [9.17, 15) is 0 Å². The summed E-state index contributed by atoms with van der Waals surface area (Å²) in [5.41, 5.74) is 0.859. The molecule has 112 valence electrons. The smallest absolute Gasteiger partial charge is 0.0640 e. The molecular formula is C17H33NO. The van der Waals surface area contributed by atoms with E-state index >= 15 is 0 Å². The van der Waals surface area contributed by atoms with Crippen molar-refractivity contribution >= 4 is 0 Å². The summed E-state index contributed by atoms with van der Waals surface area (Å²) in [4.78, 5) is 0. The van der Waals surface area contributed by atoms with E-state index in [2.05, 4.69) is 46.9 Å². The lowest BCUT2D eigenvalue weighted by Crippen LogP contribution is -2.40. The van der Waals surface area contributed by atoms with Gasteiger partial charge in [0.2, 0.25) is 0 Å². The van der Waals surface area contributed by atoms with Crippen LogP contribution in [0.15, 0.2) is 0 Å². The highest BCUT2D eigenvalue weighted by Crippen LogP contribution is 2.66. The van der Waals surface area contributed by atoms with E-state index in [1.807, 2.05) is 0 Å². The maximum Gasteiger partial charge on any atom is 0.0640 e. The zero-order valence-corrected chi connectivity index (χ0v) is 13.8. The molecule has 19 heavy (non-hydrogen) atoms. The van der Waals surface area contributed by atoms with Gasteiger partial charge in [0, 0.05) is 6.04 Å². The van der Waals surface area contributed by atoms with Crippen LogP contribution in [0.5, 0.6) is 0 Å². The number of ether oxygens (including phenoxy) is 1. The lowest BCUT2D eigenvalue weighted by molar-refractivity contribution is -0.0841. The molecule has 2 aliphatic rings. The van der Waals surface area contributed by atoms with Crippen LogP contribution < -0.4 is 5.32 Å². The van der Waals surface area contributed by atoms with Crippen LogP contribution in [0.1, 0.15) is 67.2 Å². The van der Waals surface area contributed by atoms with Crippen molar-refractivity contribution < 1.29 is 4.74 Å². The fourth-order valence-electron chi connectivity index (χ4n) is 4.60. The largest absolute Gasteiger partial charge is 0.375 e. The molecule has 0 aromatic rings. The first-order valence-electron chi connectivity index (χ1n) is 8.20. The number of nitrogens with one attached hydrogen (secondary N) is 1. The number of hydrogen-bond acceptors (Lipinski definition) is 2. The number of fused-ring (bicyclic) bond motifs is 2. The molecule has 5 atom stereocenters.